The first-order valence-corrected chi connectivity index (χ1v) is 10.7. The molecule has 0 atom stereocenters. The Bertz CT molecular complexity index is 933. The van der Waals surface area contributed by atoms with Crippen LogP contribution in [0.15, 0.2) is 48.5 Å². The van der Waals surface area contributed by atoms with Crippen molar-refractivity contribution in [1.82, 2.24) is 14.7 Å². The third-order valence-corrected chi connectivity index (χ3v) is 6.66. The number of carbonyl (C=O) groups excluding carboxylic acids is 2. The van der Waals surface area contributed by atoms with Gasteiger partial charge in [-0.05, 0) is 55.1 Å². The largest absolute Gasteiger partial charge is 0.334 e. The summed E-state index contributed by atoms with van der Waals surface area (Å²) in [6.07, 6.45) is 2.24. The molecule has 0 N–H and O–H groups in total. The molecular weight excluding hydrogens is 362 g/mol. The molecule has 150 valence electrons. The molecular formula is C24H27N3O2. The lowest BCUT2D eigenvalue weighted by Crippen LogP contribution is -2.42. The molecule has 3 aliphatic rings. The lowest BCUT2D eigenvalue weighted by molar-refractivity contribution is 0.0693. The van der Waals surface area contributed by atoms with Gasteiger partial charge in [-0.3, -0.25) is 9.59 Å². The van der Waals surface area contributed by atoms with Crippen LogP contribution in [0.5, 0.6) is 0 Å². The zero-order chi connectivity index (χ0) is 19.8. The van der Waals surface area contributed by atoms with Crippen LogP contribution < -0.4 is 0 Å². The zero-order valence-electron chi connectivity index (χ0n) is 16.7. The molecule has 1 fully saturated rings. The summed E-state index contributed by atoms with van der Waals surface area (Å²) in [5.74, 6) is 0.930. The molecule has 3 heterocycles. The predicted molar refractivity (Wildman–Crippen MR) is 112 cm³/mol. The van der Waals surface area contributed by atoms with Gasteiger partial charge in [-0.15, -0.1) is 0 Å². The monoisotopic (exact) mass is 389 g/mol. The molecule has 3 aliphatic heterocycles. The Labute approximate surface area is 171 Å². The molecule has 29 heavy (non-hydrogen) atoms. The topological polar surface area (TPSA) is 43.9 Å². The average Bonchev–Trinajstić information content (AvgIpc) is 3.25. The lowest BCUT2D eigenvalue weighted by Gasteiger charge is -2.34. The van der Waals surface area contributed by atoms with Gasteiger partial charge in [0, 0.05) is 43.9 Å². The summed E-state index contributed by atoms with van der Waals surface area (Å²) in [4.78, 5) is 31.5. The van der Waals surface area contributed by atoms with Gasteiger partial charge >= 0.3 is 0 Å². The van der Waals surface area contributed by atoms with E-state index in [0.29, 0.717) is 5.92 Å². The molecule has 0 bridgehead atoms. The molecule has 0 unspecified atom stereocenters. The highest BCUT2D eigenvalue weighted by Crippen LogP contribution is 2.27. The third kappa shape index (κ3) is 3.55. The van der Waals surface area contributed by atoms with Crippen molar-refractivity contribution in [3.05, 3.63) is 70.8 Å². The van der Waals surface area contributed by atoms with Crippen molar-refractivity contribution in [3.63, 3.8) is 0 Å². The molecule has 0 spiro atoms. The first-order valence-electron chi connectivity index (χ1n) is 10.7. The summed E-state index contributed by atoms with van der Waals surface area (Å²) < 4.78 is 0. The first kappa shape index (κ1) is 18.4. The van der Waals surface area contributed by atoms with Crippen LogP contribution in [0.25, 0.3) is 0 Å². The quantitative estimate of drug-likeness (QED) is 0.790. The molecule has 0 aliphatic carbocycles. The summed E-state index contributed by atoms with van der Waals surface area (Å²) in [5.41, 5.74) is 4.04. The summed E-state index contributed by atoms with van der Waals surface area (Å²) in [6, 6.07) is 15.9. The number of carbonyl (C=O) groups is 2. The van der Waals surface area contributed by atoms with E-state index in [4.69, 9.17) is 0 Å². The Morgan fingerprint density at radius 2 is 1.28 bits per heavy atom. The van der Waals surface area contributed by atoms with Crippen LogP contribution >= 0.6 is 0 Å². The first-order chi connectivity index (χ1) is 14.2. The van der Waals surface area contributed by atoms with Crippen LogP contribution in [0.1, 0.15) is 44.7 Å². The van der Waals surface area contributed by atoms with Gasteiger partial charge < -0.3 is 14.7 Å². The number of benzene rings is 2. The van der Waals surface area contributed by atoms with E-state index in [2.05, 4.69) is 17.0 Å². The molecule has 1 saturated heterocycles. The molecule has 0 saturated carbocycles. The van der Waals surface area contributed by atoms with Gasteiger partial charge in [0.05, 0.1) is 0 Å². The number of likely N-dealkylation sites (tertiary alicyclic amines) is 1. The average molecular weight is 389 g/mol. The molecule has 2 aromatic carbocycles. The minimum atomic E-state index is 0.169. The summed E-state index contributed by atoms with van der Waals surface area (Å²) in [7, 11) is 0. The zero-order valence-corrected chi connectivity index (χ0v) is 16.7. The minimum Gasteiger partial charge on any atom is -0.334 e. The van der Waals surface area contributed by atoms with Gasteiger partial charge in [-0.1, -0.05) is 36.4 Å². The second-order valence-corrected chi connectivity index (χ2v) is 8.51. The standard InChI is InChI=1S/C24H27N3O2/c28-23-21-7-3-1-5-19(21)16-26(23)14-13-25-11-9-18(10-12-25)15-27-17-20-6-2-4-8-22(20)24(27)29/h1-8,18H,9-17H2. The van der Waals surface area contributed by atoms with E-state index < -0.39 is 0 Å². The SMILES string of the molecule is O=C1c2ccccc2CN1CCN1CCC(CN2Cc3ccccc3C2=O)CC1. The maximum absolute atomic E-state index is 12.6. The van der Waals surface area contributed by atoms with Crippen LogP contribution in [0.3, 0.4) is 0 Å². The van der Waals surface area contributed by atoms with Gasteiger partial charge in [0.1, 0.15) is 0 Å². The van der Waals surface area contributed by atoms with Gasteiger partial charge in [0.2, 0.25) is 0 Å². The Hall–Kier alpha value is -2.66. The van der Waals surface area contributed by atoms with Crippen LogP contribution in [0.4, 0.5) is 0 Å². The molecule has 5 nitrogen and oxygen atoms in total. The highest BCUT2D eigenvalue weighted by atomic mass is 16.2. The van der Waals surface area contributed by atoms with Crippen LogP contribution in [0, 0.1) is 5.92 Å². The van der Waals surface area contributed by atoms with Crippen molar-refractivity contribution in [3.8, 4) is 0 Å². The van der Waals surface area contributed by atoms with Crippen LogP contribution in [-0.4, -0.2) is 59.2 Å². The van der Waals surface area contributed by atoms with Gasteiger partial charge in [-0.2, -0.15) is 0 Å². The number of hydrogen-bond donors (Lipinski definition) is 0. The van der Waals surface area contributed by atoms with Gasteiger partial charge in [0.25, 0.3) is 11.8 Å². The molecule has 5 rings (SSSR count). The fourth-order valence-electron chi connectivity index (χ4n) is 4.92. The summed E-state index contributed by atoms with van der Waals surface area (Å²) >= 11 is 0. The molecule has 2 amide bonds. The lowest BCUT2D eigenvalue weighted by atomic mass is 9.96. The fraction of sp³-hybridized carbons (Fsp3) is 0.417. The molecule has 2 aromatic rings. The van der Waals surface area contributed by atoms with E-state index in [-0.39, 0.29) is 11.8 Å². The van der Waals surface area contributed by atoms with E-state index in [1.165, 1.54) is 0 Å². The second kappa shape index (κ2) is 7.64. The molecule has 0 aromatic heterocycles. The maximum Gasteiger partial charge on any atom is 0.254 e. The minimum absolute atomic E-state index is 0.169. The van der Waals surface area contributed by atoms with Gasteiger partial charge in [-0.25, -0.2) is 0 Å². The van der Waals surface area contributed by atoms with Gasteiger partial charge in [0.15, 0.2) is 0 Å². The summed E-state index contributed by atoms with van der Waals surface area (Å²) in [6.45, 7) is 6.18. The normalized spacial score (nSPS) is 19.7. The van der Waals surface area contributed by atoms with Crippen molar-refractivity contribution >= 4 is 11.8 Å². The number of nitrogens with zero attached hydrogens (tertiary/aromatic N) is 3. The van der Waals surface area contributed by atoms with Crippen molar-refractivity contribution < 1.29 is 9.59 Å². The van der Waals surface area contributed by atoms with E-state index in [1.54, 1.807) is 0 Å². The Kier molecular flexibility index (Phi) is 4.84. The Balaban J connectivity index is 1.08. The smallest absolute Gasteiger partial charge is 0.254 e. The highest BCUT2D eigenvalue weighted by molar-refractivity contribution is 5.98. The van der Waals surface area contributed by atoms with Crippen molar-refractivity contribution in [2.75, 3.05) is 32.7 Å². The number of piperidine rings is 1. The third-order valence-electron chi connectivity index (χ3n) is 6.66. The fourth-order valence-corrected chi connectivity index (χ4v) is 4.92. The van der Waals surface area contributed by atoms with Crippen LogP contribution in [0.2, 0.25) is 0 Å². The molecule has 5 heteroatoms. The maximum atomic E-state index is 12.6. The van der Waals surface area contributed by atoms with Crippen LogP contribution in [-0.2, 0) is 13.1 Å². The number of amides is 2. The van der Waals surface area contributed by atoms with Crippen molar-refractivity contribution in [2.45, 2.75) is 25.9 Å². The van der Waals surface area contributed by atoms with E-state index >= 15 is 0 Å². The Morgan fingerprint density at radius 3 is 1.90 bits per heavy atom. The highest BCUT2D eigenvalue weighted by Gasteiger charge is 2.31. The summed E-state index contributed by atoms with van der Waals surface area (Å²) in [5, 5.41) is 0. The molecule has 0 radical (unpaired) electrons. The van der Waals surface area contributed by atoms with E-state index in [1.807, 2.05) is 46.2 Å². The second-order valence-electron chi connectivity index (χ2n) is 8.51. The van der Waals surface area contributed by atoms with E-state index in [9.17, 15) is 9.59 Å². The van der Waals surface area contributed by atoms with E-state index in [0.717, 1.165) is 80.9 Å². The number of rotatable bonds is 5. The predicted octanol–water partition coefficient (Wildman–Crippen LogP) is 3.01. The number of hydrogen-bond acceptors (Lipinski definition) is 3. The number of fused-ring (bicyclic) bond motifs is 2. The van der Waals surface area contributed by atoms with Crippen molar-refractivity contribution in [2.24, 2.45) is 5.92 Å². The Morgan fingerprint density at radius 1 is 0.724 bits per heavy atom. The van der Waals surface area contributed by atoms with Crippen molar-refractivity contribution in [1.29, 1.82) is 0 Å².